The van der Waals surface area contributed by atoms with Gasteiger partial charge in [0.25, 0.3) is 10.1 Å². The summed E-state index contributed by atoms with van der Waals surface area (Å²) in [4.78, 5) is 24.9. The lowest BCUT2D eigenvalue weighted by Crippen LogP contribution is -2.70. The molecule has 1 aliphatic heterocycles. The number of nitrogens with zero attached hydrogens (tertiary/aromatic N) is 3. The van der Waals surface area contributed by atoms with Gasteiger partial charge < -0.3 is 15.4 Å². The first-order chi connectivity index (χ1) is 13.3. The third-order valence-corrected chi connectivity index (χ3v) is 4.41. The van der Waals surface area contributed by atoms with E-state index in [4.69, 9.17) is 4.74 Å². The van der Waals surface area contributed by atoms with Crippen molar-refractivity contribution in [1.29, 1.82) is 0 Å². The predicted octanol–water partition coefficient (Wildman–Crippen LogP) is -0.452. The molecule has 2 aromatic rings. The molecule has 2 atom stereocenters. The van der Waals surface area contributed by atoms with Gasteiger partial charge in [0.05, 0.1) is 25.0 Å². The van der Waals surface area contributed by atoms with Crippen molar-refractivity contribution in [2.75, 3.05) is 6.26 Å². The number of carbonyl (C=O) groups is 2. The zero-order valence-corrected chi connectivity index (χ0v) is 15.8. The fourth-order valence-electron chi connectivity index (χ4n) is 2.48. The number of amides is 2. The SMILES string of the molecule is CS(=O)(=O)OCc1cnn(C[C@H]2NC(=O)[C@H]2NC(=O)OCc2ccccc2)n1. The van der Waals surface area contributed by atoms with E-state index in [1.807, 2.05) is 30.3 Å². The van der Waals surface area contributed by atoms with Gasteiger partial charge in [0.2, 0.25) is 5.91 Å². The van der Waals surface area contributed by atoms with E-state index in [9.17, 15) is 18.0 Å². The van der Waals surface area contributed by atoms with Crippen LogP contribution in [0.1, 0.15) is 11.3 Å². The van der Waals surface area contributed by atoms with Crippen molar-refractivity contribution in [1.82, 2.24) is 25.6 Å². The topological polar surface area (TPSA) is 142 Å². The molecule has 0 saturated carbocycles. The van der Waals surface area contributed by atoms with E-state index in [0.717, 1.165) is 11.8 Å². The largest absolute Gasteiger partial charge is 0.445 e. The Bertz CT molecular complexity index is 945. The van der Waals surface area contributed by atoms with Gasteiger partial charge in [-0.3, -0.25) is 8.98 Å². The Morgan fingerprint density at radius 3 is 2.71 bits per heavy atom. The average Bonchev–Trinajstić information content (AvgIpc) is 3.10. The summed E-state index contributed by atoms with van der Waals surface area (Å²) in [5.41, 5.74) is 1.15. The highest BCUT2D eigenvalue weighted by Gasteiger charge is 2.41. The molecule has 0 spiro atoms. The van der Waals surface area contributed by atoms with Crippen molar-refractivity contribution < 1.29 is 26.9 Å². The Labute approximate surface area is 161 Å². The van der Waals surface area contributed by atoms with E-state index in [0.29, 0.717) is 5.69 Å². The maximum atomic E-state index is 11.9. The molecule has 1 saturated heterocycles. The van der Waals surface area contributed by atoms with Crippen molar-refractivity contribution in [3.8, 4) is 0 Å². The molecule has 3 rings (SSSR count). The minimum absolute atomic E-state index is 0.0933. The van der Waals surface area contributed by atoms with Crippen LogP contribution in [0, 0.1) is 0 Å². The average molecular weight is 409 g/mol. The second kappa shape index (κ2) is 8.35. The molecule has 0 radical (unpaired) electrons. The third-order valence-electron chi connectivity index (χ3n) is 3.86. The number of nitrogens with one attached hydrogen (secondary N) is 2. The minimum atomic E-state index is -3.58. The fraction of sp³-hybridized carbons (Fsp3) is 0.375. The summed E-state index contributed by atoms with van der Waals surface area (Å²) >= 11 is 0. The lowest BCUT2D eigenvalue weighted by atomic mass is 9.99. The van der Waals surface area contributed by atoms with E-state index in [2.05, 4.69) is 25.0 Å². The van der Waals surface area contributed by atoms with Gasteiger partial charge in [-0.2, -0.15) is 23.4 Å². The van der Waals surface area contributed by atoms with Gasteiger partial charge in [0.15, 0.2) is 0 Å². The quantitative estimate of drug-likeness (QED) is 0.441. The number of aromatic nitrogens is 3. The zero-order chi connectivity index (χ0) is 20.1. The number of hydrogen-bond donors (Lipinski definition) is 2. The maximum Gasteiger partial charge on any atom is 0.408 e. The molecule has 0 aliphatic carbocycles. The van der Waals surface area contributed by atoms with Crippen LogP contribution in [0.2, 0.25) is 0 Å². The van der Waals surface area contributed by atoms with Gasteiger partial charge in [-0.25, -0.2) is 4.79 Å². The zero-order valence-electron chi connectivity index (χ0n) is 14.9. The second-order valence-corrected chi connectivity index (χ2v) is 7.80. The Morgan fingerprint density at radius 1 is 1.29 bits per heavy atom. The first-order valence-corrected chi connectivity index (χ1v) is 10.1. The van der Waals surface area contributed by atoms with E-state index in [-0.39, 0.29) is 25.7 Å². The molecular formula is C16H19N5O6S. The molecule has 11 nitrogen and oxygen atoms in total. The molecule has 150 valence electrons. The van der Waals surface area contributed by atoms with E-state index < -0.39 is 28.3 Å². The summed E-state index contributed by atoms with van der Waals surface area (Å²) in [6.45, 7) is 0.0493. The van der Waals surface area contributed by atoms with Crippen LogP contribution in [-0.4, -0.2) is 53.8 Å². The molecule has 1 fully saturated rings. The summed E-state index contributed by atoms with van der Waals surface area (Å²) in [5, 5.41) is 13.2. The molecule has 0 bridgehead atoms. The molecule has 1 aromatic carbocycles. The maximum absolute atomic E-state index is 11.9. The number of rotatable bonds is 8. The summed E-state index contributed by atoms with van der Waals surface area (Å²) < 4.78 is 31.7. The summed E-state index contributed by atoms with van der Waals surface area (Å²) in [7, 11) is -3.58. The number of ether oxygens (including phenoxy) is 1. The highest BCUT2D eigenvalue weighted by molar-refractivity contribution is 7.85. The van der Waals surface area contributed by atoms with Crippen LogP contribution in [0.25, 0.3) is 0 Å². The van der Waals surface area contributed by atoms with Crippen LogP contribution in [0.4, 0.5) is 4.79 Å². The molecule has 2 heterocycles. The normalized spacial score (nSPS) is 18.8. The van der Waals surface area contributed by atoms with Gasteiger partial charge in [0, 0.05) is 0 Å². The first kappa shape index (κ1) is 19.8. The Morgan fingerprint density at radius 2 is 2.04 bits per heavy atom. The van der Waals surface area contributed by atoms with E-state index in [1.165, 1.54) is 11.0 Å². The molecule has 2 amide bonds. The van der Waals surface area contributed by atoms with E-state index >= 15 is 0 Å². The number of hydrogen-bond acceptors (Lipinski definition) is 8. The van der Waals surface area contributed by atoms with Gasteiger partial charge in [-0.05, 0) is 5.56 Å². The molecule has 2 N–H and O–H groups in total. The summed E-state index contributed by atoms with van der Waals surface area (Å²) in [6, 6.07) is 7.96. The molecule has 1 aliphatic rings. The second-order valence-electron chi connectivity index (χ2n) is 6.16. The smallest absolute Gasteiger partial charge is 0.408 e. The Hall–Kier alpha value is -2.99. The van der Waals surface area contributed by atoms with Crippen molar-refractivity contribution in [3.63, 3.8) is 0 Å². The van der Waals surface area contributed by atoms with Crippen LogP contribution in [0.5, 0.6) is 0 Å². The van der Waals surface area contributed by atoms with E-state index in [1.54, 1.807) is 0 Å². The highest BCUT2D eigenvalue weighted by atomic mass is 32.2. The minimum Gasteiger partial charge on any atom is -0.445 e. The molecule has 1 aromatic heterocycles. The van der Waals surface area contributed by atoms with Crippen LogP contribution < -0.4 is 10.6 Å². The van der Waals surface area contributed by atoms with Gasteiger partial charge in [-0.1, -0.05) is 30.3 Å². The van der Waals surface area contributed by atoms with Gasteiger partial charge in [-0.15, -0.1) is 0 Å². The molecule has 0 unspecified atom stereocenters. The van der Waals surface area contributed by atoms with Crippen molar-refractivity contribution in [3.05, 3.63) is 47.8 Å². The standard InChI is InChI=1S/C16H19N5O6S/c1-28(24,25)27-10-12-7-17-21(20-12)8-13-14(15(22)18-13)19-16(23)26-9-11-5-3-2-4-6-11/h2-7,13-14H,8-10H2,1H3,(H,18,22)(H,19,23)/t13-,14+/m1/s1. The van der Waals surface area contributed by atoms with Crippen LogP contribution in [0.3, 0.4) is 0 Å². The van der Waals surface area contributed by atoms with Crippen molar-refractivity contribution in [2.24, 2.45) is 0 Å². The number of alkyl carbamates (subject to hydrolysis) is 1. The molecule has 28 heavy (non-hydrogen) atoms. The van der Waals surface area contributed by atoms with Gasteiger partial charge >= 0.3 is 6.09 Å². The van der Waals surface area contributed by atoms with Crippen molar-refractivity contribution >= 4 is 22.1 Å². The molecule has 12 heteroatoms. The van der Waals surface area contributed by atoms with Crippen LogP contribution in [0.15, 0.2) is 36.5 Å². The lowest BCUT2D eigenvalue weighted by molar-refractivity contribution is -0.132. The van der Waals surface area contributed by atoms with Crippen LogP contribution >= 0.6 is 0 Å². The lowest BCUT2D eigenvalue weighted by Gasteiger charge is -2.36. The predicted molar refractivity (Wildman–Crippen MR) is 95.1 cm³/mol. The highest BCUT2D eigenvalue weighted by Crippen LogP contribution is 2.10. The Kier molecular flexibility index (Phi) is 5.90. The summed E-state index contributed by atoms with van der Waals surface area (Å²) in [5.74, 6) is -0.338. The first-order valence-electron chi connectivity index (χ1n) is 8.31. The number of β-lactam (4-membered cyclic amide) rings is 1. The van der Waals surface area contributed by atoms with Gasteiger partial charge in [0.1, 0.15) is 24.9 Å². The fourth-order valence-corrected chi connectivity index (χ4v) is 2.82. The monoisotopic (exact) mass is 409 g/mol. The molecular weight excluding hydrogens is 390 g/mol. The van der Waals surface area contributed by atoms with Crippen LogP contribution in [-0.2, 0) is 43.6 Å². The number of benzene rings is 1. The third kappa shape index (κ3) is 5.50. The van der Waals surface area contributed by atoms with Crippen molar-refractivity contribution in [2.45, 2.75) is 31.8 Å². The Balaban J connectivity index is 1.48. The summed E-state index contributed by atoms with van der Waals surface area (Å²) in [6.07, 6.45) is 1.60. The number of carbonyl (C=O) groups excluding carboxylic acids is 2.